The summed E-state index contributed by atoms with van der Waals surface area (Å²) in [5.41, 5.74) is 4.75. The molecule has 2 aromatic heterocycles. The summed E-state index contributed by atoms with van der Waals surface area (Å²) < 4.78 is 12.6. The molecule has 1 amide bonds. The van der Waals surface area contributed by atoms with Gasteiger partial charge in [-0.3, -0.25) is 9.20 Å². The van der Waals surface area contributed by atoms with Gasteiger partial charge in [-0.05, 0) is 48.5 Å². The van der Waals surface area contributed by atoms with E-state index in [1.807, 2.05) is 64.5 Å². The smallest absolute Gasteiger partial charge is 0.230 e. The molecule has 164 valence electrons. The highest BCUT2D eigenvalue weighted by atomic mass is 32.1. The molecule has 0 saturated carbocycles. The van der Waals surface area contributed by atoms with Gasteiger partial charge in [0.05, 0.1) is 32.4 Å². The van der Waals surface area contributed by atoms with Crippen molar-refractivity contribution < 1.29 is 14.3 Å². The Morgan fingerprint density at radius 3 is 2.59 bits per heavy atom. The van der Waals surface area contributed by atoms with Gasteiger partial charge in [0.15, 0.2) is 4.96 Å². The van der Waals surface area contributed by atoms with E-state index < -0.39 is 0 Å². The van der Waals surface area contributed by atoms with E-state index in [4.69, 9.17) is 14.5 Å². The number of thiazole rings is 1. The van der Waals surface area contributed by atoms with Crippen molar-refractivity contribution >= 4 is 33.6 Å². The number of morpholine rings is 1. The van der Waals surface area contributed by atoms with Crippen LogP contribution in [0.3, 0.4) is 0 Å². The highest BCUT2D eigenvalue weighted by Gasteiger charge is 2.14. The topological polar surface area (TPSA) is 68.1 Å². The van der Waals surface area contributed by atoms with Crippen LogP contribution in [0.1, 0.15) is 5.69 Å². The highest BCUT2D eigenvalue weighted by molar-refractivity contribution is 7.15. The van der Waals surface area contributed by atoms with Gasteiger partial charge in [0.1, 0.15) is 5.75 Å². The summed E-state index contributed by atoms with van der Waals surface area (Å²) in [7, 11) is 1.65. The molecule has 7 nitrogen and oxygen atoms in total. The Balaban J connectivity index is 1.25. The SMILES string of the molecule is COc1ccc(-c2cn3c(CC(=O)Nc4ccc(N5CCOCC5)cc4)csc3n2)cc1. The van der Waals surface area contributed by atoms with Gasteiger partial charge in [-0.15, -0.1) is 11.3 Å². The standard InChI is InChI=1S/C24H24N4O3S/c1-30-21-8-2-17(3-9-21)22-15-28-20(16-32-24(28)26-22)14-23(29)25-18-4-6-19(7-5-18)27-10-12-31-13-11-27/h2-9,15-16H,10-14H2,1H3,(H,25,29). The van der Waals surface area contributed by atoms with Gasteiger partial charge in [-0.25, -0.2) is 4.98 Å². The Bertz CT molecular complexity index is 1210. The first-order valence-electron chi connectivity index (χ1n) is 10.5. The van der Waals surface area contributed by atoms with Gasteiger partial charge in [0, 0.05) is 47.3 Å². The first-order valence-corrected chi connectivity index (χ1v) is 11.4. The van der Waals surface area contributed by atoms with Crippen molar-refractivity contribution in [1.82, 2.24) is 9.38 Å². The Morgan fingerprint density at radius 2 is 1.88 bits per heavy atom. The minimum Gasteiger partial charge on any atom is -0.497 e. The number of ether oxygens (including phenoxy) is 2. The Morgan fingerprint density at radius 1 is 1.12 bits per heavy atom. The number of methoxy groups -OCH3 is 1. The van der Waals surface area contributed by atoms with Crippen molar-refractivity contribution in [3.8, 4) is 17.0 Å². The zero-order valence-corrected chi connectivity index (χ0v) is 18.6. The van der Waals surface area contributed by atoms with E-state index in [9.17, 15) is 4.79 Å². The van der Waals surface area contributed by atoms with Crippen molar-refractivity contribution in [2.45, 2.75) is 6.42 Å². The summed E-state index contributed by atoms with van der Waals surface area (Å²) in [5, 5.41) is 4.99. The summed E-state index contributed by atoms with van der Waals surface area (Å²) in [5.74, 6) is 0.758. The van der Waals surface area contributed by atoms with Crippen LogP contribution < -0.4 is 15.0 Å². The van der Waals surface area contributed by atoms with E-state index in [1.54, 1.807) is 7.11 Å². The number of hydrogen-bond acceptors (Lipinski definition) is 6. The maximum atomic E-state index is 12.7. The third-order valence-corrected chi connectivity index (χ3v) is 6.43. The molecule has 3 heterocycles. The monoisotopic (exact) mass is 448 g/mol. The Labute approximate surface area is 190 Å². The van der Waals surface area contributed by atoms with Crippen LogP contribution in [0.4, 0.5) is 11.4 Å². The summed E-state index contributed by atoms with van der Waals surface area (Å²) in [6, 6.07) is 15.8. The number of carbonyl (C=O) groups excluding carboxylic acids is 1. The molecule has 1 aliphatic heterocycles. The average Bonchev–Trinajstić information content (AvgIpc) is 3.42. The van der Waals surface area contributed by atoms with Crippen LogP contribution in [0.25, 0.3) is 16.2 Å². The fourth-order valence-electron chi connectivity index (χ4n) is 3.80. The van der Waals surface area contributed by atoms with Gasteiger partial charge in [-0.1, -0.05) is 0 Å². The number of imidazole rings is 1. The first kappa shape index (κ1) is 20.5. The predicted octanol–water partition coefficient (Wildman–Crippen LogP) is 4.09. The second-order valence-corrected chi connectivity index (χ2v) is 8.44. The van der Waals surface area contributed by atoms with Crippen LogP contribution in [-0.2, 0) is 16.0 Å². The summed E-state index contributed by atoms with van der Waals surface area (Å²) >= 11 is 1.53. The predicted molar refractivity (Wildman–Crippen MR) is 127 cm³/mol. The maximum Gasteiger partial charge on any atom is 0.230 e. The van der Waals surface area contributed by atoms with Gasteiger partial charge in [-0.2, -0.15) is 0 Å². The number of aromatic nitrogens is 2. The van der Waals surface area contributed by atoms with E-state index in [0.29, 0.717) is 0 Å². The van der Waals surface area contributed by atoms with E-state index in [1.165, 1.54) is 11.3 Å². The van der Waals surface area contributed by atoms with Gasteiger partial charge < -0.3 is 19.7 Å². The Kier molecular flexibility index (Phi) is 5.79. The minimum atomic E-state index is -0.0523. The quantitative estimate of drug-likeness (QED) is 0.481. The molecule has 1 aliphatic rings. The molecule has 2 aromatic carbocycles. The van der Waals surface area contributed by atoms with Crippen LogP contribution in [0.2, 0.25) is 0 Å². The molecule has 0 spiro atoms. The van der Waals surface area contributed by atoms with E-state index >= 15 is 0 Å². The second kappa shape index (κ2) is 9.02. The molecule has 0 unspecified atom stereocenters. The van der Waals surface area contributed by atoms with Crippen molar-refractivity contribution in [1.29, 1.82) is 0 Å². The van der Waals surface area contributed by atoms with Crippen LogP contribution in [0.15, 0.2) is 60.1 Å². The van der Waals surface area contributed by atoms with Crippen molar-refractivity contribution in [2.24, 2.45) is 0 Å². The molecule has 5 rings (SSSR count). The molecule has 0 atom stereocenters. The van der Waals surface area contributed by atoms with Crippen LogP contribution in [-0.4, -0.2) is 48.7 Å². The molecule has 0 aliphatic carbocycles. The van der Waals surface area contributed by atoms with Gasteiger partial charge in [0.25, 0.3) is 0 Å². The number of nitrogens with one attached hydrogen (secondary N) is 1. The molecule has 1 fully saturated rings. The van der Waals surface area contributed by atoms with Crippen molar-refractivity contribution in [3.05, 3.63) is 65.8 Å². The molecule has 4 aromatic rings. The lowest BCUT2D eigenvalue weighted by Crippen LogP contribution is -2.36. The highest BCUT2D eigenvalue weighted by Crippen LogP contribution is 2.26. The summed E-state index contributed by atoms with van der Waals surface area (Å²) in [6.45, 7) is 3.29. The largest absolute Gasteiger partial charge is 0.497 e. The number of hydrogen-bond donors (Lipinski definition) is 1. The normalized spacial score (nSPS) is 14.0. The number of nitrogens with zero attached hydrogens (tertiary/aromatic N) is 3. The molecule has 0 radical (unpaired) electrons. The number of fused-ring (bicyclic) bond motifs is 1. The van der Waals surface area contributed by atoms with E-state index in [0.717, 1.165) is 65.3 Å². The molecule has 8 heteroatoms. The molecule has 0 bridgehead atoms. The fourth-order valence-corrected chi connectivity index (χ4v) is 4.68. The van der Waals surface area contributed by atoms with Crippen molar-refractivity contribution in [3.63, 3.8) is 0 Å². The number of rotatable bonds is 6. The third kappa shape index (κ3) is 4.32. The number of benzene rings is 2. The molecule has 1 saturated heterocycles. The van der Waals surface area contributed by atoms with Crippen LogP contribution in [0, 0.1) is 0 Å². The fraction of sp³-hybridized carbons (Fsp3) is 0.250. The van der Waals surface area contributed by atoms with Gasteiger partial charge >= 0.3 is 0 Å². The zero-order chi connectivity index (χ0) is 21.9. The zero-order valence-electron chi connectivity index (χ0n) is 17.8. The lowest BCUT2D eigenvalue weighted by atomic mass is 10.2. The minimum absolute atomic E-state index is 0.0523. The summed E-state index contributed by atoms with van der Waals surface area (Å²) in [6.07, 6.45) is 2.26. The summed E-state index contributed by atoms with van der Waals surface area (Å²) in [4.78, 5) is 20.5. The molecular formula is C24H24N4O3S. The number of carbonyl (C=O) groups is 1. The lowest BCUT2D eigenvalue weighted by Gasteiger charge is -2.28. The van der Waals surface area contributed by atoms with Crippen LogP contribution in [0.5, 0.6) is 5.75 Å². The molecule has 1 N–H and O–H groups in total. The van der Waals surface area contributed by atoms with E-state index in [-0.39, 0.29) is 12.3 Å². The average molecular weight is 449 g/mol. The third-order valence-electron chi connectivity index (χ3n) is 5.54. The Hall–Kier alpha value is -3.36. The molecule has 32 heavy (non-hydrogen) atoms. The van der Waals surface area contributed by atoms with Crippen LogP contribution >= 0.6 is 11.3 Å². The van der Waals surface area contributed by atoms with Crippen molar-refractivity contribution in [2.75, 3.05) is 43.6 Å². The second-order valence-electron chi connectivity index (χ2n) is 7.61. The van der Waals surface area contributed by atoms with Gasteiger partial charge in [0.2, 0.25) is 5.91 Å². The molecular weight excluding hydrogens is 424 g/mol. The number of amides is 1. The maximum absolute atomic E-state index is 12.7. The lowest BCUT2D eigenvalue weighted by molar-refractivity contribution is -0.115. The first-order chi connectivity index (χ1) is 15.7. The van der Waals surface area contributed by atoms with E-state index in [2.05, 4.69) is 10.2 Å². The number of anilines is 2.